The number of hydrogen-bond acceptors (Lipinski definition) is 3. The molecule has 3 unspecified atom stereocenters. The molecule has 5 heteroatoms. The molecule has 0 aliphatic carbocycles. The summed E-state index contributed by atoms with van der Waals surface area (Å²) in [5, 5.41) is 10.8. The van der Waals surface area contributed by atoms with E-state index in [9.17, 15) is 9.90 Å². The van der Waals surface area contributed by atoms with Crippen molar-refractivity contribution >= 4 is 11.6 Å². The summed E-state index contributed by atoms with van der Waals surface area (Å²) in [5.41, 5.74) is -0.998. The van der Waals surface area contributed by atoms with Gasteiger partial charge in [-0.2, -0.15) is 0 Å². The van der Waals surface area contributed by atoms with Gasteiger partial charge in [-0.15, -0.1) is 0 Å². The lowest BCUT2D eigenvalue weighted by atomic mass is 9.98. The fraction of sp³-hybridized carbons (Fsp3) is 0.526. The molecular formula is C19H30N2O3+2. The van der Waals surface area contributed by atoms with Crippen LogP contribution in [0.15, 0.2) is 24.3 Å². The molecule has 1 amide bonds. The van der Waals surface area contributed by atoms with E-state index in [1.807, 2.05) is 20.8 Å². The van der Waals surface area contributed by atoms with Gasteiger partial charge in [0.1, 0.15) is 11.4 Å². The van der Waals surface area contributed by atoms with Crippen LogP contribution in [0.5, 0.6) is 5.75 Å². The number of aliphatic hydroxyl groups is 1. The minimum atomic E-state index is -1.28. The molecule has 0 fully saturated rings. The summed E-state index contributed by atoms with van der Waals surface area (Å²) < 4.78 is 5.26. The van der Waals surface area contributed by atoms with Crippen molar-refractivity contribution in [2.24, 2.45) is 0 Å². The number of benzene rings is 1. The van der Waals surface area contributed by atoms with Gasteiger partial charge in [-0.1, -0.05) is 0 Å². The fourth-order valence-electron chi connectivity index (χ4n) is 2.11. The lowest BCUT2D eigenvalue weighted by molar-refractivity contribution is -0.983. The van der Waals surface area contributed by atoms with Gasteiger partial charge in [0.25, 0.3) is 0 Å². The van der Waals surface area contributed by atoms with Crippen LogP contribution in [0.1, 0.15) is 34.6 Å². The lowest BCUT2D eigenvalue weighted by Gasteiger charge is -2.49. The van der Waals surface area contributed by atoms with Gasteiger partial charge in [-0.3, -0.25) is 4.48 Å². The second kappa shape index (κ2) is 6.47. The molecule has 1 aromatic rings. The van der Waals surface area contributed by atoms with Crippen LogP contribution >= 0.6 is 0 Å². The zero-order valence-electron chi connectivity index (χ0n) is 15.8. The molecule has 24 heavy (non-hydrogen) atoms. The van der Waals surface area contributed by atoms with Gasteiger partial charge in [-0.05, 0) is 32.9 Å². The number of amides is 1. The third-order valence-electron chi connectivity index (χ3n) is 4.93. The van der Waals surface area contributed by atoms with Gasteiger partial charge >= 0.3 is 5.91 Å². The highest BCUT2D eigenvalue weighted by Gasteiger charge is 2.48. The summed E-state index contributed by atoms with van der Waals surface area (Å²) in [4.78, 5) is 11.6. The van der Waals surface area contributed by atoms with Crippen LogP contribution in [-0.2, 0) is 4.79 Å². The maximum atomic E-state index is 11.6. The monoisotopic (exact) mass is 334 g/mol. The molecule has 0 saturated carbocycles. The van der Waals surface area contributed by atoms with Gasteiger partial charge in [0.05, 0.1) is 26.6 Å². The van der Waals surface area contributed by atoms with Crippen molar-refractivity contribution in [3.63, 3.8) is 0 Å². The minimum absolute atomic E-state index is 0.0259. The van der Waals surface area contributed by atoms with E-state index in [1.54, 1.807) is 45.3 Å². The Hall–Kier alpha value is -1.43. The Morgan fingerprint density at radius 1 is 1.12 bits per heavy atom. The van der Waals surface area contributed by atoms with E-state index in [4.69, 9.17) is 18.8 Å². The largest absolute Gasteiger partial charge is 0.484 e. The maximum absolute atomic E-state index is 11.6. The molecule has 132 valence electrons. The number of ether oxygens (including phenoxy) is 1. The van der Waals surface area contributed by atoms with Crippen molar-refractivity contribution in [1.82, 2.24) is 4.48 Å². The second-order valence-electron chi connectivity index (χ2n) is 7.84. The minimum Gasteiger partial charge on any atom is -0.484 e. The predicted octanol–water partition coefficient (Wildman–Crippen LogP) is 2.84. The van der Waals surface area contributed by atoms with Crippen molar-refractivity contribution in [2.75, 3.05) is 20.7 Å². The van der Waals surface area contributed by atoms with E-state index in [0.29, 0.717) is 11.4 Å². The molecule has 0 heterocycles. The lowest BCUT2D eigenvalue weighted by Crippen LogP contribution is -2.67. The van der Waals surface area contributed by atoms with Crippen molar-refractivity contribution < 1.29 is 19.1 Å². The Morgan fingerprint density at radius 3 is 1.96 bits per heavy atom. The number of carbonyl (C=O) groups is 1. The summed E-state index contributed by atoms with van der Waals surface area (Å²) in [6.07, 6.45) is 0. The highest BCUT2D eigenvalue weighted by atomic mass is 16.5. The number of quaternary nitrogens is 2. The van der Waals surface area contributed by atoms with E-state index in [-0.39, 0.29) is 27.0 Å². The topological polar surface area (TPSA) is 46.5 Å². The van der Waals surface area contributed by atoms with Crippen LogP contribution in [0, 0.1) is 14.1 Å². The van der Waals surface area contributed by atoms with Crippen LogP contribution in [0.2, 0.25) is 0 Å². The van der Waals surface area contributed by atoms with Gasteiger partial charge < -0.3 is 9.84 Å². The van der Waals surface area contributed by atoms with Crippen molar-refractivity contribution in [3.05, 3.63) is 38.4 Å². The second-order valence-corrected chi connectivity index (χ2v) is 7.84. The normalized spacial score (nSPS) is 15.8. The third kappa shape index (κ3) is 3.97. The Morgan fingerprint density at radius 2 is 1.58 bits per heavy atom. The first-order valence-corrected chi connectivity index (χ1v) is 7.90. The summed E-state index contributed by atoms with van der Waals surface area (Å²) in [7, 11) is 15.6. The van der Waals surface area contributed by atoms with Crippen LogP contribution < -0.4 is 9.22 Å². The van der Waals surface area contributed by atoms with E-state index in [0.717, 1.165) is 0 Å². The smallest absolute Gasteiger partial charge is 0.316 e. The molecule has 1 rings (SSSR count). The number of carbonyl (C=O) groups excluding carboxylic acids is 1. The molecule has 4 radical (unpaired) electrons. The van der Waals surface area contributed by atoms with Crippen molar-refractivity contribution in [1.29, 1.82) is 0 Å². The molecule has 1 aromatic carbocycles. The highest BCUT2D eigenvalue weighted by Crippen LogP contribution is 2.31. The molecule has 3 atom stereocenters. The Balaban J connectivity index is 2.87. The SMILES string of the molecule is [CH][N+](C)(C(C)=O)c1ccc(OCC(C)(O)[N+]([CH])(C)C(C)(C)C)cc1. The van der Waals surface area contributed by atoms with Gasteiger partial charge in [0, 0.05) is 19.1 Å². The Labute approximate surface area is 146 Å². The molecule has 5 nitrogen and oxygen atoms in total. The van der Waals surface area contributed by atoms with Crippen LogP contribution in [0.3, 0.4) is 0 Å². The standard InChI is InChI=1S/C19H30N2O3/c1-15(22)20(6,7)16-10-12-17(13-11-16)24-14-19(5,23)21(8,9)18(2,3)4/h6,8,10-13,23H,14H2,1-5,7,9H3/q+2. The molecule has 0 aliphatic rings. The number of hydrogen-bond donors (Lipinski definition) is 1. The molecule has 0 aromatic heterocycles. The van der Waals surface area contributed by atoms with Gasteiger partial charge in [0.15, 0.2) is 6.61 Å². The average molecular weight is 334 g/mol. The molecule has 1 N–H and O–H groups in total. The van der Waals surface area contributed by atoms with Crippen molar-refractivity contribution in [2.45, 2.75) is 45.9 Å². The predicted molar refractivity (Wildman–Crippen MR) is 95.5 cm³/mol. The van der Waals surface area contributed by atoms with Gasteiger partial charge in [0.2, 0.25) is 19.8 Å². The molecule has 0 spiro atoms. The molecule has 0 saturated heterocycles. The number of rotatable bonds is 5. The molecule has 0 bridgehead atoms. The van der Waals surface area contributed by atoms with Crippen molar-refractivity contribution in [3.8, 4) is 5.75 Å². The first kappa shape index (κ1) is 20.6. The van der Waals surface area contributed by atoms with Crippen LogP contribution in [-0.4, -0.2) is 47.5 Å². The fourth-order valence-corrected chi connectivity index (χ4v) is 2.11. The average Bonchev–Trinajstić information content (AvgIpc) is 2.44. The number of nitrogens with zero attached hydrogens (tertiary/aromatic N) is 2. The zero-order valence-corrected chi connectivity index (χ0v) is 15.8. The summed E-state index contributed by atoms with van der Waals surface area (Å²) >= 11 is 0. The van der Waals surface area contributed by atoms with Crippen LogP contribution in [0.25, 0.3) is 0 Å². The van der Waals surface area contributed by atoms with Crippen LogP contribution in [0.4, 0.5) is 5.69 Å². The zero-order chi connectivity index (χ0) is 19.0. The number of likely N-dealkylation sites (N-methyl/N-ethyl adjacent to an activating group) is 1. The first-order valence-electron chi connectivity index (χ1n) is 7.90. The maximum Gasteiger partial charge on any atom is 0.316 e. The van der Waals surface area contributed by atoms with Gasteiger partial charge in [-0.25, -0.2) is 9.28 Å². The molecular weight excluding hydrogens is 304 g/mol. The van der Waals surface area contributed by atoms with E-state index >= 15 is 0 Å². The first-order chi connectivity index (χ1) is 10.6. The van der Waals surface area contributed by atoms with E-state index in [1.165, 1.54) is 6.92 Å². The molecule has 0 aliphatic heterocycles. The summed E-state index contributed by atoms with van der Waals surface area (Å²) in [6.45, 7) is 8.98. The quantitative estimate of drug-likeness (QED) is 0.665. The van der Waals surface area contributed by atoms with E-state index in [2.05, 4.69) is 0 Å². The Bertz CT molecular complexity index is 582. The summed E-state index contributed by atoms with van der Waals surface area (Å²) in [5.74, 6) is 0.393. The summed E-state index contributed by atoms with van der Waals surface area (Å²) in [6, 6.07) is 6.89. The Kier molecular flexibility index (Phi) is 5.55. The highest BCUT2D eigenvalue weighted by molar-refractivity contribution is 5.86. The van der Waals surface area contributed by atoms with E-state index < -0.39 is 5.72 Å². The third-order valence-corrected chi connectivity index (χ3v) is 4.93.